The van der Waals surface area contributed by atoms with Crippen molar-refractivity contribution in [2.75, 3.05) is 13.6 Å². The Labute approximate surface area is 152 Å². The summed E-state index contributed by atoms with van der Waals surface area (Å²) in [6.07, 6.45) is 11.2. The molecule has 1 aromatic heterocycles. The first kappa shape index (κ1) is 21.5. The number of ketones is 1. The Morgan fingerprint density at radius 2 is 1.64 bits per heavy atom. The van der Waals surface area contributed by atoms with Gasteiger partial charge < -0.3 is 14.3 Å². The molecule has 0 unspecified atom stereocenters. The van der Waals surface area contributed by atoms with Gasteiger partial charge in [-0.3, -0.25) is 9.36 Å². The van der Waals surface area contributed by atoms with Crippen LogP contribution in [0.3, 0.4) is 0 Å². The van der Waals surface area contributed by atoms with Crippen LogP contribution in [0.4, 0.5) is 0 Å². The molecule has 140 valence electrons. The predicted octanol–water partition coefficient (Wildman–Crippen LogP) is 3.51. The Bertz CT molecular complexity index is 572. The van der Waals surface area contributed by atoms with Gasteiger partial charge in [0.2, 0.25) is 8.46 Å². The van der Waals surface area contributed by atoms with Gasteiger partial charge in [0.1, 0.15) is 11.5 Å². The fourth-order valence-corrected chi connectivity index (χ4v) is 3.24. The number of unbranched alkanes of at least 4 members (excludes halogenated alkanes) is 7. The lowest BCUT2D eigenvalue weighted by atomic mass is 10.1. The summed E-state index contributed by atoms with van der Waals surface area (Å²) >= 11 is 0. The molecule has 0 spiro atoms. The third-order valence-electron chi connectivity index (χ3n) is 4.33. The van der Waals surface area contributed by atoms with Crippen molar-refractivity contribution in [1.82, 2.24) is 14.5 Å². The second kappa shape index (κ2) is 11.9. The highest BCUT2D eigenvalue weighted by Crippen LogP contribution is 2.11. The van der Waals surface area contributed by atoms with Gasteiger partial charge in [-0.1, -0.05) is 38.5 Å². The van der Waals surface area contributed by atoms with Gasteiger partial charge in [0.25, 0.3) is 5.91 Å². The molecular formula is C18H30N3O3P. The van der Waals surface area contributed by atoms with Gasteiger partial charge >= 0.3 is 0 Å². The van der Waals surface area contributed by atoms with E-state index in [9.17, 15) is 14.2 Å². The van der Waals surface area contributed by atoms with Gasteiger partial charge in [0.15, 0.2) is 5.44 Å². The number of carbonyl (C=O) groups excluding carboxylic acids is 2. The fourth-order valence-electron chi connectivity index (χ4n) is 2.80. The molecular weight excluding hydrogens is 337 g/mol. The number of imidazole rings is 1. The van der Waals surface area contributed by atoms with Gasteiger partial charge in [-0.25, -0.2) is 4.98 Å². The van der Waals surface area contributed by atoms with E-state index in [2.05, 4.69) is 4.98 Å². The Hall–Kier alpha value is -1.55. The SMILES string of the molecule is CC(=O)CCCCCCCCCCN(C)C(=O)c1c(P=O)ncn1C. The predicted molar refractivity (Wildman–Crippen MR) is 99.6 cm³/mol. The monoisotopic (exact) mass is 367 g/mol. The number of amides is 1. The van der Waals surface area contributed by atoms with Crippen LogP contribution in [-0.4, -0.2) is 39.7 Å². The highest BCUT2D eigenvalue weighted by Gasteiger charge is 2.20. The lowest BCUT2D eigenvalue weighted by molar-refractivity contribution is -0.117. The maximum atomic E-state index is 12.4. The van der Waals surface area contributed by atoms with E-state index in [1.165, 1.54) is 32.0 Å². The molecule has 1 heterocycles. The number of aryl methyl sites for hydroxylation is 1. The summed E-state index contributed by atoms with van der Waals surface area (Å²) in [5, 5.41) is 0. The zero-order chi connectivity index (χ0) is 18.7. The van der Waals surface area contributed by atoms with Gasteiger partial charge in [-0.15, -0.1) is 0 Å². The van der Waals surface area contributed by atoms with Crippen LogP contribution < -0.4 is 5.44 Å². The Balaban J connectivity index is 2.13. The maximum absolute atomic E-state index is 12.4. The first-order chi connectivity index (χ1) is 12.0. The first-order valence-electron chi connectivity index (χ1n) is 9.07. The van der Waals surface area contributed by atoms with E-state index in [1.807, 2.05) is 0 Å². The van der Waals surface area contributed by atoms with Crippen molar-refractivity contribution in [3.63, 3.8) is 0 Å². The number of rotatable bonds is 13. The van der Waals surface area contributed by atoms with Crippen molar-refractivity contribution in [1.29, 1.82) is 0 Å². The Morgan fingerprint density at radius 3 is 2.20 bits per heavy atom. The zero-order valence-electron chi connectivity index (χ0n) is 15.7. The number of Topliss-reactive ketones (excluding diaryl/α,β-unsaturated/α-hetero) is 1. The molecule has 0 N–H and O–H groups in total. The molecule has 25 heavy (non-hydrogen) atoms. The highest BCUT2D eigenvalue weighted by molar-refractivity contribution is 7.34. The number of carbonyl (C=O) groups is 2. The fraction of sp³-hybridized carbons (Fsp3) is 0.722. The highest BCUT2D eigenvalue weighted by atomic mass is 31.1. The summed E-state index contributed by atoms with van der Waals surface area (Å²) in [5.74, 6) is 0.149. The molecule has 1 aromatic rings. The van der Waals surface area contributed by atoms with Crippen molar-refractivity contribution in [3.8, 4) is 0 Å². The molecule has 0 radical (unpaired) electrons. The standard InChI is InChI=1S/C18H30N3O3P/c1-15(22)12-10-8-6-4-5-7-9-11-13-20(2)18(23)16-17(25-24)19-14-21(16)3/h14H,4-13H2,1-3H3. The lowest BCUT2D eigenvalue weighted by Gasteiger charge is -2.17. The van der Waals surface area contributed by atoms with E-state index in [0.717, 1.165) is 25.7 Å². The molecule has 6 nitrogen and oxygen atoms in total. The normalized spacial score (nSPS) is 11.0. The molecule has 0 saturated carbocycles. The van der Waals surface area contributed by atoms with Gasteiger partial charge in [0.05, 0.1) is 6.33 Å². The van der Waals surface area contributed by atoms with Crippen molar-refractivity contribution in [3.05, 3.63) is 12.0 Å². The summed E-state index contributed by atoms with van der Waals surface area (Å²) < 4.78 is 12.7. The maximum Gasteiger partial charge on any atom is 0.273 e. The van der Waals surface area contributed by atoms with Gasteiger partial charge in [0, 0.05) is 27.1 Å². The van der Waals surface area contributed by atoms with Crippen LogP contribution in [0.5, 0.6) is 0 Å². The van der Waals surface area contributed by atoms with Crippen LogP contribution in [0.2, 0.25) is 0 Å². The number of nitrogens with zero attached hydrogens (tertiary/aromatic N) is 3. The largest absolute Gasteiger partial charge is 0.340 e. The summed E-state index contributed by atoms with van der Waals surface area (Å²) in [6, 6.07) is 0. The molecule has 0 fully saturated rings. The minimum absolute atomic E-state index is 0.135. The third kappa shape index (κ3) is 7.91. The van der Waals surface area contributed by atoms with Gasteiger partial charge in [-0.05, 0) is 19.8 Å². The summed E-state index contributed by atoms with van der Waals surface area (Å²) in [6.45, 7) is 2.34. The van der Waals surface area contributed by atoms with Crippen molar-refractivity contribution in [2.45, 2.75) is 64.7 Å². The minimum atomic E-state index is -0.227. The van der Waals surface area contributed by atoms with Crippen LogP contribution in [0.25, 0.3) is 0 Å². The topological polar surface area (TPSA) is 72.3 Å². The van der Waals surface area contributed by atoms with E-state index in [4.69, 9.17) is 0 Å². The van der Waals surface area contributed by atoms with Crippen LogP contribution in [0.15, 0.2) is 6.33 Å². The summed E-state index contributed by atoms with van der Waals surface area (Å²) in [4.78, 5) is 28.9. The number of aromatic nitrogens is 2. The molecule has 0 aliphatic heterocycles. The van der Waals surface area contributed by atoms with E-state index >= 15 is 0 Å². The van der Waals surface area contributed by atoms with E-state index < -0.39 is 0 Å². The molecule has 0 atom stereocenters. The molecule has 0 saturated heterocycles. The average Bonchev–Trinajstić information content (AvgIpc) is 2.96. The van der Waals surface area contributed by atoms with Crippen LogP contribution in [0, 0.1) is 0 Å². The Morgan fingerprint density at radius 1 is 1.08 bits per heavy atom. The minimum Gasteiger partial charge on any atom is -0.340 e. The lowest BCUT2D eigenvalue weighted by Crippen LogP contribution is -2.32. The van der Waals surface area contributed by atoms with E-state index in [-0.39, 0.29) is 20.2 Å². The number of hydrogen-bond donors (Lipinski definition) is 0. The van der Waals surface area contributed by atoms with E-state index in [1.54, 1.807) is 30.5 Å². The smallest absolute Gasteiger partial charge is 0.273 e. The quantitative estimate of drug-likeness (QED) is 0.395. The van der Waals surface area contributed by atoms with Crippen molar-refractivity contribution in [2.24, 2.45) is 7.05 Å². The molecule has 1 rings (SSSR count). The summed E-state index contributed by atoms with van der Waals surface area (Å²) in [5.41, 5.74) is 0.689. The van der Waals surface area contributed by atoms with Crippen LogP contribution >= 0.6 is 8.46 Å². The zero-order valence-corrected chi connectivity index (χ0v) is 16.6. The molecule has 1 amide bonds. The first-order valence-corrected chi connectivity index (χ1v) is 9.88. The second-order valence-electron chi connectivity index (χ2n) is 6.63. The molecule has 0 bridgehead atoms. The van der Waals surface area contributed by atoms with Crippen LogP contribution in [0.1, 0.15) is 75.2 Å². The van der Waals surface area contributed by atoms with Crippen molar-refractivity contribution >= 4 is 25.6 Å². The number of hydrogen-bond acceptors (Lipinski definition) is 4. The van der Waals surface area contributed by atoms with Crippen LogP contribution in [-0.2, 0) is 16.4 Å². The van der Waals surface area contributed by atoms with Crippen molar-refractivity contribution < 1.29 is 14.2 Å². The Kier molecular flexibility index (Phi) is 10.2. The molecule has 0 aromatic carbocycles. The third-order valence-corrected chi connectivity index (χ3v) is 4.83. The average molecular weight is 367 g/mol. The summed E-state index contributed by atoms with van der Waals surface area (Å²) in [7, 11) is 3.28. The molecule has 0 aliphatic carbocycles. The molecule has 7 heteroatoms. The van der Waals surface area contributed by atoms with Gasteiger partial charge in [-0.2, -0.15) is 0 Å². The van der Waals surface area contributed by atoms with E-state index in [0.29, 0.717) is 24.1 Å². The molecule has 0 aliphatic rings. The second-order valence-corrected chi connectivity index (χ2v) is 7.23.